The monoisotopic (exact) mass is 370 g/mol. The zero-order valence-corrected chi connectivity index (χ0v) is 15.6. The minimum Gasteiger partial charge on any atom is -0.497 e. The number of hydrogen-bond donors (Lipinski definition) is 0. The van der Waals surface area contributed by atoms with Crippen LogP contribution >= 0.6 is 11.3 Å². The van der Waals surface area contributed by atoms with Crippen LogP contribution in [0.4, 0.5) is 0 Å². The van der Waals surface area contributed by atoms with E-state index in [1.807, 2.05) is 28.0 Å². The highest BCUT2D eigenvalue weighted by atomic mass is 32.1. The van der Waals surface area contributed by atoms with Gasteiger partial charge < -0.3 is 14.5 Å². The first-order valence-corrected chi connectivity index (χ1v) is 9.81. The molecule has 2 heterocycles. The molecule has 1 aliphatic heterocycles. The average molecular weight is 370 g/mol. The van der Waals surface area contributed by atoms with E-state index in [0.717, 1.165) is 6.42 Å². The first kappa shape index (κ1) is 17.1. The summed E-state index contributed by atoms with van der Waals surface area (Å²) in [4.78, 5) is 30.4. The number of piperazine rings is 1. The SMILES string of the molecule is COc1cccc(C(=O)N2CCN(C(=O)C3CC3c3cccs3)CC2)c1. The number of carbonyl (C=O) groups excluding carboxylic acids is 2. The summed E-state index contributed by atoms with van der Waals surface area (Å²) in [6, 6.07) is 11.4. The van der Waals surface area contributed by atoms with Gasteiger partial charge in [0.2, 0.25) is 5.91 Å². The molecule has 2 aliphatic rings. The molecule has 2 fully saturated rings. The number of benzene rings is 1. The Morgan fingerprint density at radius 2 is 1.85 bits per heavy atom. The quantitative estimate of drug-likeness (QED) is 0.832. The van der Waals surface area contributed by atoms with Crippen molar-refractivity contribution in [2.75, 3.05) is 33.3 Å². The Morgan fingerprint density at radius 1 is 1.08 bits per heavy atom. The summed E-state index contributed by atoms with van der Waals surface area (Å²) >= 11 is 1.73. The van der Waals surface area contributed by atoms with Crippen molar-refractivity contribution < 1.29 is 14.3 Å². The molecule has 1 aromatic carbocycles. The fraction of sp³-hybridized carbons (Fsp3) is 0.400. The van der Waals surface area contributed by atoms with E-state index in [0.29, 0.717) is 43.4 Å². The zero-order chi connectivity index (χ0) is 18.1. The summed E-state index contributed by atoms with van der Waals surface area (Å²) in [7, 11) is 1.59. The maximum atomic E-state index is 12.7. The minimum atomic E-state index is -0.00103. The van der Waals surface area contributed by atoms with Crippen LogP contribution in [0.15, 0.2) is 41.8 Å². The second-order valence-electron chi connectivity index (χ2n) is 6.81. The van der Waals surface area contributed by atoms with Gasteiger partial charge >= 0.3 is 0 Å². The molecule has 0 spiro atoms. The number of nitrogens with zero attached hydrogens (tertiary/aromatic N) is 2. The third-order valence-corrected chi connectivity index (χ3v) is 6.22. The smallest absolute Gasteiger partial charge is 0.254 e. The third kappa shape index (κ3) is 3.33. The van der Waals surface area contributed by atoms with Gasteiger partial charge in [-0.1, -0.05) is 12.1 Å². The standard InChI is InChI=1S/C20H22N2O3S/c1-25-15-5-2-4-14(12-15)19(23)21-7-9-22(10-8-21)20(24)17-13-16(17)18-6-3-11-26-18/h2-6,11-12,16-17H,7-10,13H2,1H3. The van der Waals surface area contributed by atoms with Crippen molar-refractivity contribution in [2.45, 2.75) is 12.3 Å². The fourth-order valence-electron chi connectivity index (χ4n) is 3.59. The summed E-state index contributed by atoms with van der Waals surface area (Å²) in [5.41, 5.74) is 0.629. The molecule has 0 bridgehead atoms. The van der Waals surface area contributed by atoms with E-state index in [1.165, 1.54) is 4.88 Å². The maximum absolute atomic E-state index is 12.7. The van der Waals surface area contributed by atoms with E-state index in [-0.39, 0.29) is 17.7 Å². The van der Waals surface area contributed by atoms with E-state index < -0.39 is 0 Å². The van der Waals surface area contributed by atoms with E-state index >= 15 is 0 Å². The predicted molar refractivity (Wildman–Crippen MR) is 101 cm³/mol. The molecule has 1 aromatic heterocycles. The van der Waals surface area contributed by atoms with Gasteiger partial charge in [0.15, 0.2) is 0 Å². The van der Waals surface area contributed by atoms with Crippen LogP contribution in [0.2, 0.25) is 0 Å². The van der Waals surface area contributed by atoms with Crippen LogP contribution in [-0.4, -0.2) is 54.9 Å². The van der Waals surface area contributed by atoms with Crippen LogP contribution in [0.1, 0.15) is 27.6 Å². The van der Waals surface area contributed by atoms with E-state index in [2.05, 4.69) is 11.4 Å². The number of ether oxygens (including phenoxy) is 1. The first-order valence-electron chi connectivity index (χ1n) is 8.93. The summed E-state index contributed by atoms with van der Waals surface area (Å²) in [6.07, 6.45) is 0.961. The molecular formula is C20H22N2O3S. The molecule has 4 rings (SSSR count). The molecule has 0 radical (unpaired) electrons. The Hall–Kier alpha value is -2.34. The van der Waals surface area contributed by atoms with Gasteiger partial charge in [-0.3, -0.25) is 9.59 Å². The highest BCUT2D eigenvalue weighted by molar-refractivity contribution is 7.10. The first-order chi connectivity index (χ1) is 12.7. The normalized spacial score (nSPS) is 22.2. The van der Waals surface area contributed by atoms with Crippen molar-refractivity contribution in [2.24, 2.45) is 5.92 Å². The lowest BCUT2D eigenvalue weighted by Gasteiger charge is -2.35. The van der Waals surface area contributed by atoms with E-state index in [4.69, 9.17) is 4.74 Å². The molecule has 26 heavy (non-hydrogen) atoms. The lowest BCUT2D eigenvalue weighted by molar-refractivity contribution is -0.134. The fourth-order valence-corrected chi connectivity index (χ4v) is 4.49. The molecule has 1 saturated carbocycles. The second kappa shape index (κ2) is 7.11. The number of methoxy groups -OCH3 is 1. The number of rotatable bonds is 4. The van der Waals surface area contributed by atoms with E-state index in [1.54, 1.807) is 30.6 Å². The van der Waals surface area contributed by atoms with E-state index in [9.17, 15) is 9.59 Å². The predicted octanol–water partition coefficient (Wildman–Crippen LogP) is 2.84. The molecule has 136 valence electrons. The van der Waals surface area contributed by atoms with Gasteiger partial charge in [0.05, 0.1) is 7.11 Å². The Bertz CT molecular complexity index is 797. The van der Waals surface area contributed by atoms with Crippen molar-refractivity contribution in [1.29, 1.82) is 0 Å². The van der Waals surface area contributed by atoms with Crippen LogP contribution in [-0.2, 0) is 4.79 Å². The molecular weight excluding hydrogens is 348 g/mol. The topological polar surface area (TPSA) is 49.9 Å². The van der Waals surface area contributed by atoms with Gasteiger partial charge in [0, 0.05) is 48.5 Å². The van der Waals surface area contributed by atoms with Gasteiger partial charge in [-0.2, -0.15) is 0 Å². The Balaban J connectivity index is 1.32. The molecule has 1 saturated heterocycles. The summed E-state index contributed by atoms with van der Waals surface area (Å²) in [5, 5.41) is 2.07. The van der Waals surface area contributed by atoms with Crippen molar-refractivity contribution in [1.82, 2.24) is 9.80 Å². The van der Waals surface area contributed by atoms with Crippen LogP contribution in [0.5, 0.6) is 5.75 Å². The third-order valence-electron chi connectivity index (χ3n) is 5.21. The number of amides is 2. The molecule has 2 unspecified atom stereocenters. The highest BCUT2D eigenvalue weighted by Gasteiger charge is 2.46. The highest BCUT2D eigenvalue weighted by Crippen LogP contribution is 2.50. The van der Waals surface area contributed by atoms with Crippen LogP contribution < -0.4 is 4.74 Å². The van der Waals surface area contributed by atoms with Gasteiger partial charge in [0.25, 0.3) is 5.91 Å². The number of hydrogen-bond acceptors (Lipinski definition) is 4. The van der Waals surface area contributed by atoms with Crippen molar-refractivity contribution in [3.63, 3.8) is 0 Å². The molecule has 6 heteroatoms. The number of thiophene rings is 1. The van der Waals surface area contributed by atoms with Crippen molar-refractivity contribution in [3.05, 3.63) is 52.2 Å². The largest absolute Gasteiger partial charge is 0.497 e. The maximum Gasteiger partial charge on any atom is 0.254 e. The second-order valence-corrected chi connectivity index (χ2v) is 7.79. The summed E-state index contributed by atoms with van der Waals surface area (Å²) < 4.78 is 5.19. The van der Waals surface area contributed by atoms with Crippen molar-refractivity contribution >= 4 is 23.2 Å². The van der Waals surface area contributed by atoms with Gasteiger partial charge in [-0.15, -0.1) is 11.3 Å². The summed E-state index contributed by atoms with van der Waals surface area (Å²) in [5.74, 6) is 1.46. The van der Waals surface area contributed by atoms with Gasteiger partial charge in [-0.25, -0.2) is 0 Å². The van der Waals surface area contributed by atoms with Crippen LogP contribution in [0, 0.1) is 5.92 Å². The molecule has 1 aliphatic carbocycles. The molecule has 2 atom stereocenters. The molecule has 2 amide bonds. The molecule has 2 aromatic rings. The number of carbonyl (C=O) groups is 2. The lowest BCUT2D eigenvalue weighted by Crippen LogP contribution is -2.51. The Morgan fingerprint density at radius 3 is 2.54 bits per heavy atom. The van der Waals surface area contributed by atoms with Crippen LogP contribution in [0.25, 0.3) is 0 Å². The summed E-state index contributed by atoms with van der Waals surface area (Å²) in [6.45, 7) is 2.39. The van der Waals surface area contributed by atoms with Gasteiger partial charge in [0.1, 0.15) is 5.75 Å². The van der Waals surface area contributed by atoms with Crippen molar-refractivity contribution in [3.8, 4) is 5.75 Å². The van der Waals surface area contributed by atoms with Gasteiger partial charge in [-0.05, 0) is 36.1 Å². The molecule has 0 N–H and O–H groups in total. The minimum absolute atomic E-state index is 0.00103. The lowest BCUT2D eigenvalue weighted by atomic mass is 10.1. The molecule has 5 nitrogen and oxygen atoms in total. The average Bonchev–Trinajstić information content (AvgIpc) is 3.31. The Kier molecular flexibility index (Phi) is 4.68. The zero-order valence-electron chi connectivity index (χ0n) is 14.8. The van der Waals surface area contributed by atoms with Crippen LogP contribution in [0.3, 0.4) is 0 Å². The Labute approximate surface area is 157 Å².